The topological polar surface area (TPSA) is 57.6 Å². The number of nitrogens with zero attached hydrogens (tertiary/aromatic N) is 1. The molecule has 1 amide bonds. The molecule has 2 aromatic rings. The number of thiophene rings is 1. The zero-order valence-corrected chi connectivity index (χ0v) is 14.3. The predicted molar refractivity (Wildman–Crippen MR) is 90.7 cm³/mol. The molecule has 0 bridgehead atoms. The number of amides is 1. The van der Waals surface area contributed by atoms with Gasteiger partial charge in [-0.25, -0.2) is 4.39 Å². The minimum Gasteiger partial charge on any atom is -0.481 e. The van der Waals surface area contributed by atoms with Crippen LogP contribution < -0.4 is 0 Å². The second-order valence-electron chi connectivity index (χ2n) is 6.43. The lowest BCUT2D eigenvalue weighted by Gasteiger charge is -2.19. The highest BCUT2D eigenvalue weighted by Crippen LogP contribution is 2.35. The third-order valence-electron chi connectivity index (χ3n) is 4.56. The van der Waals surface area contributed by atoms with E-state index in [1.807, 2.05) is 13.0 Å². The number of likely N-dealkylation sites (tertiary alicyclic amines) is 1. The number of aryl methyl sites for hydroxylation is 1. The third kappa shape index (κ3) is 2.94. The summed E-state index contributed by atoms with van der Waals surface area (Å²) in [6.07, 6.45) is 0.462. The van der Waals surface area contributed by atoms with Crippen molar-refractivity contribution in [3.05, 3.63) is 45.9 Å². The molecule has 1 saturated heterocycles. The second kappa shape index (κ2) is 6.02. The van der Waals surface area contributed by atoms with Crippen LogP contribution in [0.2, 0.25) is 0 Å². The lowest BCUT2D eigenvalue weighted by Crippen LogP contribution is -2.34. The zero-order valence-electron chi connectivity index (χ0n) is 13.5. The molecule has 4 nitrogen and oxygen atoms in total. The smallest absolute Gasteiger partial charge is 0.311 e. The van der Waals surface area contributed by atoms with Gasteiger partial charge in [0.25, 0.3) is 5.91 Å². The van der Waals surface area contributed by atoms with Crippen LogP contribution in [0.1, 0.15) is 27.9 Å². The van der Waals surface area contributed by atoms with Crippen LogP contribution >= 0.6 is 11.3 Å². The summed E-state index contributed by atoms with van der Waals surface area (Å²) in [6.45, 7) is 4.27. The van der Waals surface area contributed by atoms with Gasteiger partial charge in [0.05, 0.1) is 10.3 Å². The maximum absolute atomic E-state index is 13.1. The zero-order chi connectivity index (χ0) is 17.5. The van der Waals surface area contributed by atoms with Crippen LogP contribution in [0.25, 0.3) is 11.1 Å². The van der Waals surface area contributed by atoms with Gasteiger partial charge in [0.2, 0.25) is 0 Å². The molecule has 126 valence electrons. The van der Waals surface area contributed by atoms with Gasteiger partial charge < -0.3 is 10.0 Å². The number of hydrogen-bond donors (Lipinski definition) is 1. The summed E-state index contributed by atoms with van der Waals surface area (Å²) in [4.78, 5) is 27.2. The van der Waals surface area contributed by atoms with Crippen molar-refractivity contribution in [2.24, 2.45) is 5.41 Å². The molecular formula is C18H18FNO3S. The Morgan fingerprint density at radius 2 is 1.96 bits per heavy atom. The molecule has 3 rings (SSSR count). The van der Waals surface area contributed by atoms with E-state index >= 15 is 0 Å². The Bertz CT molecular complexity index is 799. The van der Waals surface area contributed by atoms with Crippen LogP contribution in [0.4, 0.5) is 4.39 Å². The van der Waals surface area contributed by atoms with Crippen LogP contribution in [-0.4, -0.2) is 35.0 Å². The molecule has 0 radical (unpaired) electrons. The number of carbonyl (C=O) groups is 2. The lowest BCUT2D eigenvalue weighted by molar-refractivity contribution is -0.147. The van der Waals surface area contributed by atoms with E-state index in [-0.39, 0.29) is 18.3 Å². The van der Waals surface area contributed by atoms with Crippen LogP contribution in [-0.2, 0) is 4.79 Å². The minimum absolute atomic E-state index is 0.138. The molecule has 1 aromatic carbocycles. The number of rotatable bonds is 3. The van der Waals surface area contributed by atoms with Crippen molar-refractivity contribution in [3.8, 4) is 11.1 Å². The van der Waals surface area contributed by atoms with Gasteiger partial charge in [-0.1, -0.05) is 12.1 Å². The fourth-order valence-corrected chi connectivity index (χ4v) is 3.98. The fourth-order valence-electron chi connectivity index (χ4n) is 2.97. The molecule has 0 saturated carbocycles. The van der Waals surface area contributed by atoms with Crippen LogP contribution in [0.5, 0.6) is 0 Å². The second-order valence-corrected chi connectivity index (χ2v) is 7.69. The Kier molecular flexibility index (Phi) is 4.17. The molecule has 6 heteroatoms. The van der Waals surface area contributed by atoms with Crippen molar-refractivity contribution in [2.45, 2.75) is 20.3 Å². The quantitative estimate of drug-likeness (QED) is 0.919. The summed E-state index contributed by atoms with van der Waals surface area (Å²) < 4.78 is 13.1. The molecule has 1 aromatic heterocycles. The Morgan fingerprint density at radius 1 is 1.29 bits per heavy atom. The third-order valence-corrected chi connectivity index (χ3v) is 5.60. The largest absolute Gasteiger partial charge is 0.481 e. The average Bonchev–Trinajstić information content (AvgIpc) is 3.12. The predicted octanol–water partition coefficient (Wildman–Crippen LogP) is 3.80. The van der Waals surface area contributed by atoms with E-state index in [1.165, 1.54) is 23.5 Å². The van der Waals surface area contributed by atoms with Gasteiger partial charge in [-0.2, -0.15) is 0 Å². The molecule has 1 fully saturated rings. The number of halogens is 1. The van der Waals surface area contributed by atoms with E-state index in [9.17, 15) is 19.1 Å². The van der Waals surface area contributed by atoms with E-state index < -0.39 is 11.4 Å². The number of hydrogen-bond acceptors (Lipinski definition) is 3. The highest BCUT2D eigenvalue weighted by atomic mass is 32.1. The van der Waals surface area contributed by atoms with Gasteiger partial charge in [-0.05, 0) is 49.6 Å². The van der Waals surface area contributed by atoms with Gasteiger partial charge >= 0.3 is 5.97 Å². The Balaban J connectivity index is 1.84. The first kappa shape index (κ1) is 16.6. The molecule has 0 aliphatic carbocycles. The maximum Gasteiger partial charge on any atom is 0.311 e. The van der Waals surface area contributed by atoms with Gasteiger partial charge in [-0.15, -0.1) is 11.3 Å². The van der Waals surface area contributed by atoms with Gasteiger partial charge in [0.1, 0.15) is 5.82 Å². The number of carbonyl (C=O) groups excluding carboxylic acids is 1. The van der Waals surface area contributed by atoms with Crippen LogP contribution in [0, 0.1) is 18.2 Å². The number of benzene rings is 1. The number of carboxylic acid groups (broad SMARTS) is 1. The standard InChI is InChI=1S/C18H18FNO3S/c1-11-14(12-3-5-13(19)6-4-12)9-15(24-11)16(21)20-8-7-18(2,10-20)17(22)23/h3-6,9H,7-8,10H2,1-2H3,(H,22,23). The first-order chi connectivity index (χ1) is 11.3. The Morgan fingerprint density at radius 3 is 2.54 bits per heavy atom. The summed E-state index contributed by atoms with van der Waals surface area (Å²) in [5.41, 5.74) is 0.895. The summed E-state index contributed by atoms with van der Waals surface area (Å²) in [5.74, 6) is -1.30. The molecule has 0 spiro atoms. The normalized spacial score (nSPS) is 20.4. The summed E-state index contributed by atoms with van der Waals surface area (Å²) in [7, 11) is 0. The molecule has 1 N–H and O–H groups in total. The number of aliphatic carboxylic acids is 1. The van der Waals surface area contributed by atoms with Gasteiger partial charge in [0, 0.05) is 18.0 Å². The molecule has 1 atom stereocenters. The highest BCUT2D eigenvalue weighted by molar-refractivity contribution is 7.14. The Labute approximate surface area is 143 Å². The van der Waals surface area contributed by atoms with Crippen molar-refractivity contribution < 1.29 is 19.1 Å². The monoisotopic (exact) mass is 347 g/mol. The van der Waals surface area contributed by atoms with Crippen molar-refractivity contribution in [1.82, 2.24) is 4.90 Å². The van der Waals surface area contributed by atoms with E-state index in [2.05, 4.69) is 0 Å². The highest BCUT2D eigenvalue weighted by Gasteiger charge is 2.42. The Hall–Kier alpha value is -2.21. The van der Waals surface area contributed by atoms with E-state index in [4.69, 9.17) is 0 Å². The van der Waals surface area contributed by atoms with Crippen molar-refractivity contribution >= 4 is 23.2 Å². The lowest BCUT2D eigenvalue weighted by atomic mass is 9.90. The first-order valence-corrected chi connectivity index (χ1v) is 8.51. The molecule has 1 unspecified atom stereocenters. The SMILES string of the molecule is Cc1sc(C(=O)N2CCC(C)(C(=O)O)C2)cc1-c1ccc(F)cc1. The molecule has 2 heterocycles. The van der Waals surface area contributed by atoms with Crippen LogP contribution in [0.15, 0.2) is 30.3 Å². The maximum atomic E-state index is 13.1. The van der Waals surface area contributed by atoms with Crippen molar-refractivity contribution in [3.63, 3.8) is 0 Å². The van der Waals surface area contributed by atoms with E-state index in [0.29, 0.717) is 17.8 Å². The molecular weight excluding hydrogens is 329 g/mol. The molecule has 1 aliphatic heterocycles. The van der Waals surface area contributed by atoms with Crippen molar-refractivity contribution in [1.29, 1.82) is 0 Å². The van der Waals surface area contributed by atoms with E-state index in [0.717, 1.165) is 16.0 Å². The average molecular weight is 347 g/mol. The van der Waals surface area contributed by atoms with Gasteiger partial charge in [-0.3, -0.25) is 9.59 Å². The summed E-state index contributed by atoms with van der Waals surface area (Å²) in [6, 6.07) is 7.98. The van der Waals surface area contributed by atoms with Crippen LogP contribution in [0.3, 0.4) is 0 Å². The van der Waals surface area contributed by atoms with Crippen molar-refractivity contribution in [2.75, 3.05) is 13.1 Å². The first-order valence-electron chi connectivity index (χ1n) is 7.69. The summed E-state index contributed by atoms with van der Waals surface area (Å²) in [5, 5.41) is 9.30. The summed E-state index contributed by atoms with van der Waals surface area (Å²) >= 11 is 1.38. The fraction of sp³-hybridized carbons (Fsp3) is 0.333. The minimum atomic E-state index is -0.873. The molecule has 24 heavy (non-hydrogen) atoms. The number of carboxylic acids is 1. The van der Waals surface area contributed by atoms with E-state index in [1.54, 1.807) is 24.0 Å². The van der Waals surface area contributed by atoms with Gasteiger partial charge in [0.15, 0.2) is 0 Å². The molecule has 1 aliphatic rings.